The van der Waals surface area contributed by atoms with Crippen molar-refractivity contribution in [3.63, 3.8) is 0 Å². The van der Waals surface area contributed by atoms with E-state index in [9.17, 15) is 13.2 Å². The van der Waals surface area contributed by atoms with Gasteiger partial charge in [0.15, 0.2) is 0 Å². The summed E-state index contributed by atoms with van der Waals surface area (Å²) in [5.74, 6) is -0.0290. The second-order valence-electron chi connectivity index (χ2n) is 13.7. The third-order valence-corrected chi connectivity index (χ3v) is 10.3. The third-order valence-electron chi connectivity index (χ3n) is 9.00. The van der Waals surface area contributed by atoms with Crippen LogP contribution in [0.1, 0.15) is 61.5 Å². The first-order valence-corrected chi connectivity index (χ1v) is 17.2. The summed E-state index contributed by atoms with van der Waals surface area (Å²) >= 11 is 0. The maximum atomic E-state index is 14.4. The van der Waals surface area contributed by atoms with Crippen LogP contribution in [0.4, 0.5) is 5.95 Å². The number of rotatable bonds is 4. The van der Waals surface area contributed by atoms with Gasteiger partial charge in [-0.05, 0) is 67.9 Å². The SMILES string of the molecule is Cc1cccc(C)c1-c1cc2nc(n1)NS(=O)(=O)c1cccc(c1)C(=O)N([C@H]1C[C@@H](N3CCOCC3)C1)[C@H](CC(C)(C)C)CO2. The lowest BCUT2D eigenvalue weighted by Gasteiger charge is -2.51. The number of hydrogen-bond donors (Lipinski definition) is 1. The quantitative estimate of drug-likeness (QED) is 0.424. The number of aromatic nitrogens is 2. The Kier molecular flexibility index (Phi) is 8.62. The molecule has 1 amide bonds. The van der Waals surface area contributed by atoms with E-state index in [1.54, 1.807) is 18.2 Å². The number of ether oxygens (including phenoxy) is 2. The topological polar surface area (TPSA) is 114 Å². The number of hydrogen-bond acceptors (Lipinski definition) is 8. The van der Waals surface area contributed by atoms with E-state index in [1.165, 1.54) is 12.1 Å². The van der Waals surface area contributed by atoms with Gasteiger partial charge in [-0.3, -0.25) is 9.69 Å². The summed E-state index contributed by atoms with van der Waals surface area (Å²) in [7, 11) is -4.12. The zero-order valence-electron chi connectivity index (χ0n) is 26.7. The van der Waals surface area contributed by atoms with Gasteiger partial charge in [-0.2, -0.15) is 4.98 Å². The number of carbonyl (C=O) groups is 1. The molecule has 3 heterocycles. The Morgan fingerprint density at radius 3 is 2.33 bits per heavy atom. The lowest BCUT2D eigenvalue weighted by Crippen LogP contribution is -2.61. The zero-order chi connectivity index (χ0) is 31.9. The molecule has 0 unspecified atom stereocenters. The van der Waals surface area contributed by atoms with E-state index >= 15 is 0 Å². The number of amides is 1. The Bertz CT molecular complexity index is 1660. The van der Waals surface area contributed by atoms with E-state index in [1.807, 2.05) is 36.9 Å². The molecule has 1 saturated heterocycles. The van der Waals surface area contributed by atoms with Crippen molar-refractivity contribution in [3.8, 4) is 17.1 Å². The van der Waals surface area contributed by atoms with Crippen molar-refractivity contribution < 1.29 is 22.7 Å². The Morgan fingerprint density at radius 2 is 1.64 bits per heavy atom. The number of aryl methyl sites for hydroxylation is 2. The molecule has 1 aliphatic carbocycles. The molecule has 0 radical (unpaired) electrons. The Hall–Kier alpha value is -3.54. The van der Waals surface area contributed by atoms with Gasteiger partial charge in [0.25, 0.3) is 15.9 Å². The smallest absolute Gasteiger partial charge is 0.264 e. The molecule has 1 saturated carbocycles. The van der Waals surface area contributed by atoms with E-state index in [4.69, 9.17) is 9.47 Å². The fourth-order valence-electron chi connectivity index (χ4n) is 6.80. The monoisotopic (exact) mass is 633 g/mol. The first-order chi connectivity index (χ1) is 21.4. The molecule has 2 fully saturated rings. The highest BCUT2D eigenvalue weighted by atomic mass is 32.2. The minimum Gasteiger partial charge on any atom is -0.475 e. The summed E-state index contributed by atoms with van der Waals surface area (Å²) in [4.78, 5) is 27.9. The molecule has 3 aromatic rings. The van der Waals surface area contributed by atoms with Crippen LogP contribution < -0.4 is 9.46 Å². The second-order valence-corrected chi connectivity index (χ2v) is 15.4. The van der Waals surface area contributed by atoms with Crippen molar-refractivity contribution in [2.45, 2.75) is 76.9 Å². The van der Waals surface area contributed by atoms with Crippen LogP contribution in [-0.2, 0) is 14.8 Å². The standard InChI is InChI=1S/C34H43N5O5S/c1-22-8-6-9-23(2)31(22)29-19-30-36-33(35-29)37-45(41,42)28-11-7-10-24(16-28)32(40)39(27(21-44-30)20-34(3,4)5)26-17-25(18-26)38-12-14-43-15-13-38/h6-11,16,19,25-27H,12-15,17-18,20-21H2,1-5H3,(H,35,36,37)/t25-,26+,27-/m1/s1. The van der Waals surface area contributed by atoms with Gasteiger partial charge in [-0.15, -0.1) is 0 Å². The summed E-state index contributed by atoms with van der Waals surface area (Å²) in [5.41, 5.74) is 3.67. The van der Waals surface area contributed by atoms with Crippen LogP contribution in [0.15, 0.2) is 53.4 Å². The van der Waals surface area contributed by atoms with Gasteiger partial charge < -0.3 is 14.4 Å². The molecule has 45 heavy (non-hydrogen) atoms. The molecule has 10 nitrogen and oxygen atoms in total. The van der Waals surface area contributed by atoms with Crippen LogP contribution in [0.2, 0.25) is 0 Å². The number of fused-ring (bicyclic) bond motifs is 4. The van der Waals surface area contributed by atoms with Gasteiger partial charge in [0.1, 0.15) is 6.61 Å². The molecule has 1 aromatic heterocycles. The van der Waals surface area contributed by atoms with Crippen LogP contribution in [0.25, 0.3) is 11.3 Å². The summed E-state index contributed by atoms with van der Waals surface area (Å²) < 4.78 is 41.8. The van der Waals surface area contributed by atoms with Crippen LogP contribution >= 0.6 is 0 Å². The van der Waals surface area contributed by atoms with Crippen LogP contribution in [0.5, 0.6) is 5.88 Å². The Morgan fingerprint density at radius 1 is 0.956 bits per heavy atom. The van der Waals surface area contributed by atoms with Crippen molar-refractivity contribution in [2.75, 3.05) is 37.6 Å². The van der Waals surface area contributed by atoms with Crippen LogP contribution in [-0.4, -0.2) is 85.1 Å². The first kappa shape index (κ1) is 31.4. The lowest BCUT2D eigenvalue weighted by molar-refractivity contribution is -0.0398. The summed E-state index contributed by atoms with van der Waals surface area (Å²) in [5, 5.41) is 0. The zero-order valence-corrected chi connectivity index (χ0v) is 27.6. The number of anilines is 1. The molecular weight excluding hydrogens is 590 g/mol. The largest absolute Gasteiger partial charge is 0.475 e. The number of nitrogens with one attached hydrogen (secondary N) is 1. The number of carbonyl (C=O) groups excluding carboxylic acids is 1. The fraction of sp³-hybridized carbons (Fsp3) is 0.500. The Balaban J connectivity index is 1.43. The van der Waals surface area contributed by atoms with Crippen molar-refractivity contribution in [1.82, 2.24) is 19.8 Å². The van der Waals surface area contributed by atoms with E-state index in [0.717, 1.165) is 55.8 Å². The van der Waals surface area contributed by atoms with Gasteiger partial charge >= 0.3 is 0 Å². The molecule has 1 atom stereocenters. The van der Waals surface area contributed by atoms with E-state index in [-0.39, 0.29) is 46.7 Å². The summed E-state index contributed by atoms with van der Waals surface area (Å²) in [6, 6.07) is 14.1. The average Bonchev–Trinajstić information content (AvgIpc) is 2.96. The van der Waals surface area contributed by atoms with Gasteiger partial charge in [-0.1, -0.05) is 45.0 Å². The highest BCUT2D eigenvalue weighted by molar-refractivity contribution is 7.92. The van der Waals surface area contributed by atoms with Crippen LogP contribution in [0, 0.1) is 19.3 Å². The number of morpholine rings is 1. The van der Waals surface area contributed by atoms with Gasteiger partial charge in [0.05, 0.1) is 29.8 Å². The first-order valence-electron chi connectivity index (χ1n) is 15.7. The number of nitrogens with zero attached hydrogens (tertiary/aromatic N) is 4. The molecule has 240 valence electrons. The van der Waals surface area contributed by atoms with Gasteiger partial charge in [0, 0.05) is 42.4 Å². The molecule has 2 aliphatic heterocycles. The fourth-order valence-corrected chi connectivity index (χ4v) is 7.79. The molecule has 1 N–H and O–H groups in total. The summed E-state index contributed by atoms with van der Waals surface area (Å²) in [6.45, 7) is 13.9. The molecule has 3 aliphatic rings. The minimum atomic E-state index is -4.12. The normalized spacial score (nSPS) is 23.9. The highest BCUT2D eigenvalue weighted by Gasteiger charge is 2.43. The molecule has 6 rings (SSSR count). The molecule has 0 spiro atoms. The molecule has 4 bridgehead atoms. The maximum absolute atomic E-state index is 14.4. The van der Waals surface area contributed by atoms with Crippen molar-refractivity contribution in [1.29, 1.82) is 0 Å². The van der Waals surface area contributed by atoms with Crippen molar-refractivity contribution >= 4 is 21.9 Å². The van der Waals surface area contributed by atoms with E-state index in [2.05, 4.69) is 40.4 Å². The van der Waals surface area contributed by atoms with Gasteiger partial charge in [0.2, 0.25) is 11.8 Å². The molecule has 2 aromatic carbocycles. The number of sulfonamides is 1. The average molecular weight is 634 g/mol. The van der Waals surface area contributed by atoms with E-state index in [0.29, 0.717) is 23.7 Å². The third kappa shape index (κ3) is 6.85. The van der Waals surface area contributed by atoms with Crippen LogP contribution in [0.3, 0.4) is 0 Å². The van der Waals surface area contributed by atoms with Crippen molar-refractivity contribution in [2.24, 2.45) is 5.41 Å². The van der Waals surface area contributed by atoms with E-state index < -0.39 is 10.0 Å². The summed E-state index contributed by atoms with van der Waals surface area (Å²) in [6.07, 6.45) is 2.38. The minimum absolute atomic E-state index is 0.00375. The predicted octanol–water partition coefficient (Wildman–Crippen LogP) is 5.06. The highest BCUT2D eigenvalue weighted by Crippen LogP contribution is 2.37. The van der Waals surface area contributed by atoms with Gasteiger partial charge in [-0.25, -0.2) is 18.1 Å². The molecule has 11 heteroatoms. The predicted molar refractivity (Wildman–Crippen MR) is 173 cm³/mol. The van der Waals surface area contributed by atoms with Crippen molar-refractivity contribution in [3.05, 3.63) is 65.2 Å². The number of benzene rings is 2. The second kappa shape index (κ2) is 12.3. The lowest BCUT2D eigenvalue weighted by atomic mass is 9.80. The molecular formula is C34H43N5O5S. The maximum Gasteiger partial charge on any atom is 0.264 e. The Labute approximate surface area is 266 Å².